The Balaban J connectivity index is 2.36. The van der Waals surface area contributed by atoms with Crippen LogP contribution in [0.1, 0.15) is 25.3 Å². The molecule has 1 saturated heterocycles. The topological polar surface area (TPSA) is 57.6 Å². The van der Waals surface area contributed by atoms with Gasteiger partial charge in [0.25, 0.3) is 0 Å². The van der Waals surface area contributed by atoms with E-state index < -0.39 is 21.3 Å². The lowest BCUT2D eigenvalue weighted by molar-refractivity contribution is -0.0250. The summed E-state index contributed by atoms with van der Waals surface area (Å²) in [5.74, 6) is -0.630. The molecule has 1 aromatic rings. The number of halogens is 1. The van der Waals surface area contributed by atoms with Gasteiger partial charge in [0.05, 0.1) is 10.5 Å². The molecule has 0 radical (unpaired) electrons. The van der Waals surface area contributed by atoms with Crippen molar-refractivity contribution in [2.75, 3.05) is 25.9 Å². The molecule has 6 heteroatoms. The summed E-state index contributed by atoms with van der Waals surface area (Å²) in [4.78, 5) is 2.12. The standard InChI is InChI=1S/C14H20FNO3S/c1-3-16-6-4-14(17,5-7-16)11-8-12(15)10-13(9-11)20(2,18)19/h8-10,17H,3-7H2,1-2H3. The molecule has 1 aliphatic rings. The van der Waals surface area contributed by atoms with E-state index in [0.717, 1.165) is 32.0 Å². The number of sulfone groups is 1. The summed E-state index contributed by atoms with van der Waals surface area (Å²) in [5, 5.41) is 10.7. The number of hydrogen-bond donors (Lipinski definition) is 1. The molecule has 1 N–H and O–H groups in total. The summed E-state index contributed by atoms with van der Waals surface area (Å²) in [6.07, 6.45) is 2.00. The first kappa shape index (κ1) is 15.4. The second-order valence-electron chi connectivity index (χ2n) is 5.41. The van der Waals surface area contributed by atoms with E-state index >= 15 is 0 Å². The van der Waals surface area contributed by atoms with E-state index in [0.29, 0.717) is 18.4 Å². The summed E-state index contributed by atoms with van der Waals surface area (Å²) in [6.45, 7) is 4.40. The highest BCUT2D eigenvalue weighted by Gasteiger charge is 2.34. The van der Waals surface area contributed by atoms with Crippen molar-refractivity contribution < 1.29 is 17.9 Å². The minimum absolute atomic E-state index is 0.0844. The van der Waals surface area contributed by atoms with Gasteiger partial charge >= 0.3 is 0 Å². The number of benzene rings is 1. The summed E-state index contributed by atoms with van der Waals surface area (Å²) in [5.41, 5.74) is -0.790. The van der Waals surface area contributed by atoms with Gasteiger partial charge < -0.3 is 10.0 Å². The van der Waals surface area contributed by atoms with Gasteiger partial charge in [0.15, 0.2) is 9.84 Å². The molecular weight excluding hydrogens is 281 g/mol. The van der Waals surface area contributed by atoms with Crippen molar-refractivity contribution in [1.29, 1.82) is 0 Å². The van der Waals surface area contributed by atoms with Crippen LogP contribution in [0.5, 0.6) is 0 Å². The van der Waals surface area contributed by atoms with Crippen molar-refractivity contribution in [3.8, 4) is 0 Å². The van der Waals surface area contributed by atoms with Crippen molar-refractivity contribution in [2.45, 2.75) is 30.3 Å². The third-order valence-electron chi connectivity index (χ3n) is 3.97. The molecule has 0 spiro atoms. The maximum atomic E-state index is 13.6. The van der Waals surface area contributed by atoms with Crippen molar-refractivity contribution in [1.82, 2.24) is 4.90 Å². The number of likely N-dealkylation sites (tertiary alicyclic amines) is 1. The van der Waals surface area contributed by atoms with E-state index in [4.69, 9.17) is 0 Å². The maximum Gasteiger partial charge on any atom is 0.175 e. The van der Waals surface area contributed by atoms with E-state index in [1.165, 1.54) is 12.1 Å². The van der Waals surface area contributed by atoms with Crippen LogP contribution >= 0.6 is 0 Å². The molecule has 1 aliphatic heterocycles. The lowest BCUT2D eigenvalue weighted by Crippen LogP contribution is -2.42. The van der Waals surface area contributed by atoms with Crippen LogP contribution in [-0.4, -0.2) is 44.3 Å². The fraction of sp³-hybridized carbons (Fsp3) is 0.571. The van der Waals surface area contributed by atoms with E-state index in [1.54, 1.807) is 0 Å². The van der Waals surface area contributed by atoms with Crippen LogP contribution in [0.3, 0.4) is 0 Å². The van der Waals surface area contributed by atoms with Gasteiger partial charge in [0.2, 0.25) is 0 Å². The Hall–Kier alpha value is -0.980. The predicted molar refractivity (Wildman–Crippen MR) is 74.8 cm³/mol. The Morgan fingerprint density at radius 3 is 2.40 bits per heavy atom. The lowest BCUT2D eigenvalue weighted by Gasteiger charge is -2.38. The van der Waals surface area contributed by atoms with Crippen LogP contribution in [0.4, 0.5) is 4.39 Å². The zero-order valence-electron chi connectivity index (χ0n) is 11.8. The molecule has 0 amide bonds. The quantitative estimate of drug-likeness (QED) is 0.920. The Bertz CT molecular complexity index is 592. The summed E-state index contributed by atoms with van der Waals surface area (Å²) in [7, 11) is -3.49. The first-order valence-corrected chi connectivity index (χ1v) is 8.59. The highest BCUT2D eigenvalue weighted by Crippen LogP contribution is 2.34. The largest absolute Gasteiger partial charge is 0.385 e. The monoisotopic (exact) mass is 301 g/mol. The molecule has 20 heavy (non-hydrogen) atoms. The zero-order chi connectivity index (χ0) is 15.0. The van der Waals surface area contributed by atoms with E-state index in [9.17, 15) is 17.9 Å². The van der Waals surface area contributed by atoms with Crippen molar-refractivity contribution in [2.24, 2.45) is 0 Å². The summed E-state index contributed by atoms with van der Waals surface area (Å²) >= 11 is 0. The Morgan fingerprint density at radius 1 is 1.30 bits per heavy atom. The van der Waals surface area contributed by atoms with Gasteiger partial charge in [-0.3, -0.25) is 0 Å². The van der Waals surface area contributed by atoms with Crippen LogP contribution in [0, 0.1) is 5.82 Å². The molecule has 0 bridgehead atoms. The second kappa shape index (κ2) is 5.42. The summed E-state index contributed by atoms with van der Waals surface area (Å²) in [6, 6.07) is 3.61. The highest BCUT2D eigenvalue weighted by atomic mass is 32.2. The highest BCUT2D eigenvalue weighted by molar-refractivity contribution is 7.90. The van der Waals surface area contributed by atoms with Gasteiger partial charge in [0, 0.05) is 19.3 Å². The minimum atomic E-state index is -3.49. The number of hydrogen-bond acceptors (Lipinski definition) is 4. The first-order chi connectivity index (χ1) is 9.24. The molecule has 4 nitrogen and oxygen atoms in total. The van der Waals surface area contributed by atoms with Crippen LogP contribution < -0.4 is 0 Å². The fourth-order valence-corrected chi connectivity index (χ4v) is 3.24. The van der Waals surface area contributed by atoms with Gasteiger partial charge in [-0.1, -0.05) is 6.92 Å². The Morgan fingerprint density at radius 2 is 1.90 bits per heavy atom. The molecule has 0 atom stereocenters. The van der Waals surface area contributed by atoms with Gasteiger partial charge in [0.1, 0.15) is 5.82 Å². The van der Waals surface area contributed by atoms with Crippen LogP contribution in [0.15, 0.2) is 23.1 Å². The van der Waals surface area contributed by atoms with Crippen LogP contribution in [-0.2, 0) is 15.4 Å². The van der Waals surface area contributed by atoms with Gasteiger partial charge in [-0.05, 0) is 43.1 Å². The molecule has 0 saturated carbocycles. The van der Waals surface area contributed by atoms with E-state index in [2.05, 4.69) is 4.90 Å². The lowest BCUT2D eigenvalue weighted by atomic mass is 9.84. The molecule has 1 heterocycles. The average Bonchev–Trinajstić information content (AvgIpc) is 2.38. The van der Waals surface area contributed by atoms with E-state index in [1.807, 2.05) is 6.92 Å². The fourth-order valence-electron chi connectivity index (χ4n) is 2.57. The number of aliphatic hydroxyl groups is 1. The Labute approximate surface area is 119 Å². The number of rotatable bonds is 3. The summed E-state index contributed by atoms with van der Waals surface area (Å²) < 4.78 is 36.8. The molecule has 1 fully saturated rings. The third-order valence-corrected chi connectivity index (χ3v) is 5.06. The van der Waals surface area contributed by atoms with Gasteiger partial charge in [-0.25, -0.2) is 12.8 Å². The third kappa shape index (κ3) is 3.19. The first-order valence-electron chi connectivity index (χ1n) is 6.70. The SMILES string of the molecule is CCN1CCC(O)(c2cc(F)cc(S(C)(=O)=O)c2)CC1. The molecule has 1 aromatic carbocycles. The molecule has 0 aromatic heterocycles. The van der Waals surface area contributed by atoms with E-state index in [-0.39, 0.29) is 4.90 Å². The minimum Gasteiger partial charge on any atom is -0.385 e. The Kier molecular flexibility index (Phi) is 4.18. The second-order valence-corrected chi connectivity index (χ2v) is 7.43. The predicted octanol–water partition coefficient (Wildman–Crippen LogP) is 1.53. The van der Waals surface area contributed by atoms with Crippen molar-refractivity contribution >= 4 is 9.84 Å². The maximum absolute atomic E-state index is 13.6. The molecule has 0 aliphatic carbocycles. The average molecular weight is 301 g/mol. The molecule has 2 rings (SSSR count). The van der Waals surface area contributed by atoms with Crippen molar-refractivity contribution in [3.63, 3.8) is 0 Å². The zero-order valence-corrected chi connectivity index (χ0v) is 12.6. The van der Waals surface area contributed by atoms with Crippen LogP contribution in [0.2, 0.25) is 0 Å². The number of piperidine rings is 1. The van der Waals surface area contributed by atoms with Crippen LogP contribution in [0.25, 0.3) is 0 Å². The van der Waals surface area contributed by atoms with Gasteiger partial charge in [-0.2, -0.15) is 0 Å². The normalized spacial score (nSPS) is 20.0. The van der Waals surface area contributed by atoms with Gasteiger partial charge in [-0.15, -0.1) is 0 Å². The smallest absolute Gasteiger partial charge is 0.175 e. The number of nitrogens with zero attached hydrogens (tertiary/aromatic N) is 1. The molecular formula is C14H20FNO3S. The molecule has 112 valence electrons. The molecule has 0 unspecified atom stereocenters. The van der Waals surface area contributed by atoms with Crippen molar-refractivity contribution in [3.05, 3.63) is 29.6 Å².